The number of benzene rings is 2. The second-order valence-corrected chi connectivity index (χ2v) is 7.23. The summed E-state index contributed by atoms with van der Waals surface area (Å²) in [4.78, 5) is 35.8. The molecule has 2 amide bonds. The molecule has 0 spiro atoms. The van der Waals surface area contributed by atoms with E-state index in [1.54, 1.807) is 18.2 Å². The molecule has 0 fully saturated rings. The van der Waals surface area contributed by atoms with Crippen molar-refractivity contribution in [3.63, 3.8) is 0 Å². The van der Waals surface area contributed by atoms with Gasteiger partial charge in [0, 0.05) is 29.8 Å². The summed E-state index contributed by atoms with van der Waals surface area (Å²) in [5, 5.41) is 15.0. The highest BCUT2D eigenvalue weighted by Crippen LogP contribution is 2.22. The summed E-state index contributed by atoms with van der Waals surface area (Å²) in [6.07, 6.45) is -0.226. The van der Waals surface area contributed by atoms with E-state index in [1.165, 1.54) is 31.2 Å². The topological polar surface area (TPSA) is 95.5 Å². The number of halogens is 3. The lowest BCUT2D eigenvalue weighted by Gasteiger charge is -2.21. The highest BCUT2D eigenvalue weighted by molar-refractivity contribution is 6.35. The molecule has 0 radical (unpaired) electrons. The van der Waals surface area contributed by atoms with E-state index in [4.69, 9.17) is 23.2 Å². The number of carbonyl (C=O) groups excluding carboxylic acids is 2. The Labute approximate surface area is 177 Å². The molecule has 3 N–H and O–H groups in total. The van der Waals surface area contributed by atoms with Gasteiger partial charge in [-0.2, -0.15) is 0 Å². The third kappa shape index (κ3) is 6.73. The minimum atomic E-state index is -1.31. The molecular formula is C20H19Cl2FN2O4. The number of aliphatic carboxylic acids is 1. The highest BCUT2D eigenvalue weighted by Gasteiger charge is 2.27. The van der Waals surface area contributed by atoms with Crippen LogP contribution >= 0.6 is 23.2 Å². The van der Waals surface area contributed by atoms with Crippen LogP contribution in [0.2, 0.25) is 10.0 Å². The van der Waals surface area contributed by atoms with Crippen LogP contribution in [0, 0.1) is 5.82 Å². The van der Waals surface area contributed by atoms with E-state index < -0.39 is 35.7 Å². The SMILES string of the molecule is CC(=O)N[C@H](Cc1ccccc1F)C(=O)N[C@H](Cc1ccc(Cl)cc1Cl)C(=O)O. The van der Waals surface area contributed by atoms with Crippen molar-refractivity contribution >= 4 is 41.0 Å². The molecule has 0 aliphatic heterocycles. The Kier molecular flexibility index (Phi) is 7.99. The van der Waals surface area contributed by atoms with Gasteiger partial charge in [0.15, 0.2) is 0 Å². The van der Waals surface area contributed by atoms with E-state index in [2.05, 4.69) is 10.6 Å². The lowest BCUT2D eigenvalue weighted by molar-refractivity contribution is -0.142. The summed E-state index contributed by atoms with van der Waals surface area (Å²) in [5.41, 5.74) is 0.697. The average Bonchev–Trinajstić information content (AvgIpc) is 2.63. The Morgan fingerprint density at radius 3 is 2.24 bits per heavy atom. The fraction of sp³-hybridized carbons (Fsp3) is 0.250. The van der Waals surface area contributed by atoms with Gasteiger partial charge in [0.05, 0.1) is 0 Å². The zero-order chi connectivity index (χ0) is 21.6. The maximum atomic E-state index is 13.9. The van der Waals surface area contributed by atoms with Gasteiger partial charge in [-0.05, 0) is 29.3 Å². The molecule has 2 aromatic rings. The van der Waals surface area contributed by atoms with Gasteiger partial charge in [0.25, 0.3) is 0 Å². The highest BCUT2D eigenvalue weighted by atomic mass is 35.5. The largest absolute Gasteiger partial charge is 0.480 e. The minimum Gasteiger partial charge on any atom is -0.480 e. The molecule has 2 rings (SSSR count). The van der Waals surface area contributed by atoms with Crippen molar-refractivity contribution in [2.75, 3.05) is 0 Å². The van der Waals surface area contributed by atoms with Crippen LogP contribution in [0.3, 0.4) is 0 Å². The normalized spacial score (nSPS) is 12.7. The van der Waals surface area contributed by atoms with Crippen molar-refractivity contribution in [3.8, 4) is 0 Å². The zero-order valence-corrected chi connectivity index (χ0v) is 16.9. The van der Waals surface area contributed by atoms with E-state index in [-0.39, 0.29) is 23.4 Å². The van der Waals surface area contributed by atoms with Crippen LogP contribution < -0.4 is 10.6 Å². The summed E-state index contributed by atoms with van der Waals surface area (Å²) in [5.74, 6) is -3.06. The lowest BCUT2D eigenvalue weighted by Crippen LogP contribution is -2.52. The van der Waals surface area contributed by atoms with Gasteiger partial charge in [-0.1, -0.05) is 47.5 Å². The summed E-state index contributed by atoms with van der Waals surface area (Å²) >= 11 is 11.9. The first kappa shape index (κ1) is 22.6. The van der Waals surface area contributed by atoms with Gasteiger partial charge in [0.2, 0.25) is 11.8 Å². The number of rotatable bonds is 8. The number of carboxylic acids is 1. The molecule has 6 nitrogen and oxygen atoms in total. The molecule has 2 atom stereocenters. The van der Waals surface area contributed by atoms with E-state index in [0.29, 0.717) is 10.6 Å². The number of amides is 2. The summed E-state index contributed by atoms with van der Waals surface area (Å²) in [6.45, 7) is 1.21. The third-order valence-corrected chi connectivity index (χ3v) is 4.72. The second-order valence-electron chi connectivity index (χ2n) is 6.39. The molecule has 0 unspecified atom stereocenters. The predicted molar refractivity (Wildman–Crippen MR) is 107 cm³/mol. The summed E-state index contributed by atoms with van der Waals surface area (Å²) < 4.78 is 13.9. The molecule has 29 heavy (non-hydrogen) atoms. The van der Waals surface area contributed by atoms with Gasteiger partial charge in [0.1, 0.15) is 17.9 Å². The monoisotopic (exact) mass is 440 g/mol. The van der Waals surface area contributed by atoms with Crippen molar-refractivity contribution in [1.82, 2.24) is 10.6 Å². The van der Waals surface area contributed by atoms with Gasteiger partial charge in [-0.25, -0.2) is 9.18 Å². The van der Waals surface area contributed by atoms with Gasteiger partial charge in [-0.15, -0.1) is 0 Å². The summed E-state index contributed by atoms with van der Waals surface area (Å²) in [6, 6.07) is 7.97. The van der Waals surface area contributed by atoms with Crippen molar-refractivity contribution in [1.29, 1.82) is 0 Å². The van der Waals surface area contributed by atoms with E-state index in [9.17, 15) is 23.9 Å². The van der Waals surface area contributed by atoms with Crippen LogP contribution in [0.4, 0.5) is 4.39 Å². The number of hydrogen-bond acceptors (Lipinski definition) is 3. The molecule has 0 saturated heterocycles. The number of carbonyl (C=O) groups is 3. The molecule has 0 saturated carbocycles. The lowest BCUT2D eigenvalue weighted by atomic mass is 10.0. The molecular weight excluding hydrogens is 422 g/mol. The maximum absolute atomic E-state index is 13.9. The van der Waals surface area contributed by atoms with Gasteiger partial charge < -0.3 is 15.7 Å². The number of carboxylic acid groups (broad SMARTS) is 1. The van der Waals surface area contributed by atoms with Crippen LogP contribution in [-0.4, -0.2) is 35.0 Å². The van der Waals surface area contributed by atoms with Gasteiger partial charge >= 0.3 is 5.97 Å². The minimum absolute atomic E-state index is 0.0937. The van der Waals surface area contributed by atoms with Crippen molar-refractivity contribution in [2.45, 2.75) is 31.8 Å². The van der Waals surface area contributed by atoms with Gasteiger partial charge in [-0.3, -0.25) is 9.59 Å². The van der Waals surface area contributed by atoms with Crippen molar-refractivity contribution in [2.24, 2.45) is 0 Å². The first-order chi connectivity index (χ1) is 13.7. The molecule has 0 heterocycles. The maximum Gasteiger partial charge on any atom is 0.326 e. The number of nitrogens with one attached hydrogen (secondary N) is 2. The molecule has 0 aliphatic carbocycles. The third-order valence-electron chi connectivity index (χ3n) is 4.13. The van der Waals surface area contributed by atoms with Crippen LogP contribution in [0.15, 0.2) is 42.5 Å². The Balaban J connectivity index is 2.18. The quantitative estimate of drug-likeness (QED) is 0.587. The Hall–Kier alpha value is -2.64. The summed E-state index contributed by atoms with van der Waals surface area (Å²) in [7, 11) is 0. The van der Waals surface area contributed by atoms with E-state index >= 15 is 0 Å². The molecule has 0 aliphatic rings. The van der Waals surface area contributed by atoms with Crippen molar-refractivity contribution < 1.29 is 23.9 Å². The van der Waals surface area contributed by atoms with E-state index in [0.717, 1.165) is 0 Å². The zero-order valence-electron chi connectivity index (χ0n) is 15.4. The standard InChI is InChI=1S/C20H19Cl2FN2O4/c1-11(26)24-17(9-13-4-2-3-5-16(13)23)19(27)25-18(20(28)29)8-12-6-7-14(21)10-15(12)22/h2-7,10,17-18H,8-9H2,1H3,(H,24,26)(H,25,27)(H,28,29)/t17-,18-/m1/s1. The smallest absolute Gasteiger partial charge is 0.326 e. The van der Waals surface area contributed by atoms with Crippen LogP contribution in [-0.2, 0) is 27.2 Å². The van der Waals surface area contributed by atoms with Crippen LogP contribution in [0.5, 0.6) is 0 Å². The molecule has 9 heteroatoms. The first-order valence-corrected chi connectivity index (χ1v) is 9.40. The second kappa shape index (κ2) is 10.2. The molecule has 0 aromatic heterocycles. The Morgan fingerprint density at radius 1 is 1.00 bits per heavy atom. The fourth-order valence-electron chi connectivity index (χ4n) is 2.72. The number of hydrogen-bond donors (Lipinski definition) is 3. The fourth-order valence-corrected chi connectivity index (χ4v) is 3.20. The van der Waals surface area contributed by atoms with E-state index in [1.807, 2.05) is 0 Å². The molecule has 0 bridgehead atoms. The molecule has 2 aromatic carbocycles. The predicted octanol–water partition coefficient (Wildman–Crippen LogP) is 2.99. The molecule has 154 valence electrons. The van der Waals surface area contributed by atoms with Crippen LogP contribution in [0.1, 0.15) is 18.1 Å². The van der Waals surface area contributed by atoms with Crippen molar-refractivity contribution in [3.05, 3.63) is 69.5 Å². The Bertz CT molecular complexity index is 923. The first-order valence-electron chi connectivity index (χ1n) is 8.65. The Morgan fingerprint density at radius 2 is 1.66 bits per heavy atom. The van der Waals surface area contributed by atoms with Crippen LogP contribution in [0.25, 0.3) is 0 Å². The average molecular weight is 441 g/mol.